The molecule has 1 aliphatic carbocycles. The average molecular weight is 475 g/mol. The van der Waals surface area contributed by atoms with E-state index in [-0.39, 0.29) is 0 Å². The lowest BCUT2D eigenvalue weighted by Gasteiger charge is -2.18. The molecule has 7 heteroatoms. The molecule has 1 fully saturated rings. The zero-order valence-electron chi connectivity index (χ0n) is 20.2. The van der Waals surface area contributed by atoms with Gasteiger partial charge in [0.2, 0.25) is 5.95 Å². The fourth-order valence-corrected chi connectivity index (χ4v) is 4.62. The van der Waals surface area contributed by atoms with Crippen molar-refractivity contribution in [3.8, 4) is 5.75 Å². The third kappa shape index (κ3) is 6.78. The molecule has 1 N–H and O–H groups in total. The molecule has 0 saturated carbocycles. The van der Waals surface area contributed by atoms with Crippen molar-refractivity contribution in [1.82, 2.24) is 14.9 Å². The molecule has 35 heavy (non-hydrogen) atoms. The van der Waals surface area contributed by atoms with Crippen LogP contribution in [0.2, 0.25) is 0 Å². The van der Waals surface area contributed by atoms with Crippen molar-refractivity contribution in [3.63, 3.8) is 0 Å². The topological polar surface area (TPSA) is 68.7 Å². The number of anilines is 2. The quantitative estimate of drug-likeness (QED) is 0.632. The van der Waals surface area contributed by atoms with E-state index in [2.05, 4.69) is 33.4 Å². The van der Waals surface area contributed by atoms with Gasteiger partial charge in [-0.25, -0.2) is 9.97 Å². The van der Waals surface area contributed by atoms with Crippen LogP contribution in [0.5, 0.6) is 5.75 Å². The van der Waals surface area contributed by atoms with Gasteiger partial charge in [0.15, 0.2) is 0 Å². The summed E-state index contributed by atoms with van der Waals surface area (Å²) in [5, 5.41) is 3.37. The Balaban J connectivity index is 1.35. The van der Waals surface area contributed by atoms with Gasteiger partial charge in [0.05, 0.1) is 32.1 Å². The molecular weight excluding hydrogens is 440 g/mol. The second kappa shape index (κ2) is 12.1. The molecule has 0 spiro atoms. The van der Waals surface area contributed by atoms with Crippen LogP contribution in [0.1, 0.15) is 36.9 Å². The Morgan fingerprint density at radius 1 is 1.03 bits per heavy atom. The van der Waals surface area contributed by atoms with E-state index in [4.69, 9.17) is 19.2 Å². The van der Waals surface area contributed by atoms with E-state index in [0.717, 1.165) is 42.1 Å². The highest BCUT2D eigenvalue weighted by atomic mass is 16.5. The fraction of sp³-hybridized carbons (Fsp3) is 0.429. The first-order valence-electron chi connectivity index (χ1n) is 12.6. The van der Waals surface area contributed by atoms with E-state index in [0.29, 0.717) is 39.0 Å². The summed E-state index contributed by atoms with van der Waals surface area (Å²) >= 11 is 0. The zero-order valence-corrected chi connectivity index (χ0v) is 20.2. The van der Waals surface area contributed by atoms with Crippen LogP contribution in [0.25, 0.3) is 5.57 Å². The molecule has 2 aromatic rings. The summed E-state index contributed by atoms with van der Waals surface area (Å²) in [5.74, 6) is 1.44. The molecule has 0 atom stereocenters. The van der Waals surface area contributed by atoms with Gasteiger partial charge in [-0.2, -0.15) is 0 Å². The summed E-state index contributed by atoms with van der Waals surface area (Å²) in [7, 11) is 0. The largest absolute Gasteiger partial charge is 0.492 e. The Morgan fingerprint density at radius 3 is 2.77 bits per heavy atom. The van der Waals surface area contributed by atoms with Gasteiger partial charge in [-0.05, 0) is 74.2 Å². The molecular formula is C28H34N4O3. The van der Waals surface area contributed by atoms with Gasteiger partial charge < -0.3 is 19.5 Å². The number of nitrogens with zero attached hydrogens (tertiary/aromatic N) is 3. The van der Waals surface area contributed by atoms with Crippen molar-refractivity contribution >= 4 is 17.2 Å². The van der Waals surface area contributed by atoms with Crippen LogP contribution in [0.4, 0.5) is 11.6 Å². The summed E-state index contributed by atoms with van der Waals surface area (Å²) in [6.07, 6.45) is 14.8. The van der Waals surface area contributed by atoms with Crippen molar-refractivity contribution in [2.24, 2.45) is 0 Å². The van der Waals surface area contributed by atoms with Crippen LogP contribution in [0, 0.1) is 0 Å². The molecule has 3 aliphatic rings. The number of rotatable bonds is 4. The number of benzene rings is 1. The van der Waals surface area contributed by atoms with Crippen LogP contribution < -0.4 is 10.1 Å². The van der Waals surface area contributed by atoms with Crippen molar-refractivity contribution in [3.05, 3.63) is 71.6 Å². The van der Waals surface area contributed by atoms with Gasteiger partial charge >= 0.3 is 0 Å². The molecule has 6 bridgehead atoms. The summed E-state index contributed by atoms with van der Waals surface area (Å²) < 4.78 is 17.9. The lowest BCUT2D eigenvalue weighted by atomic mass is 9.97. The number of ether oxygens (including phenoxy) is 3. The molecule has 1 aromatic carbocycles. The molecule has 0 amide bonds. The summed E-state index contributed by atoms with van der Waals surface area (Å²) in [6, 6.07) is 8.06. The van der Waals surface area contributed by atoms with E-state index in [1.54, 1.807) is 0 Å². The zero-order chi connectivity index (χ0) is 23.7. The monoisotopic (exact) mass is 474 g/mol. The van der Waals surface area contributed by atoms with Crippen molar-refractivity contribution in [1.29, 1.82) is 0 Å². The Morgan fingerprint density at radius 2 is 1.89 bits per heavy atom. The number of hydrogen-bond donors (Lipinski definition) is 1. The normalized spacial score (nSPS) is 20.1. The maximum atomic E-state index is 6.17. The lowest BCUT2D eigenvalue weighted by molar-refractivity contribution is 0.142. The van der Waals surface area contributed by atoms with E-state index in [1.807, 2.05) is 36.5 Å². The molecule has 0 unspecified atom stereocenters. The molecule has 5 rings (SSSR count). The number of likely N-dealkylation sites (tertiary alicyclic amines) is 1. The average Bonchev–Trinajstić information content (AvgIpc) is 3.40. The van der Waals surface area contributed by atoms with E-state index < -0.39 is 0 Å². The molecule has 1 aromatic heterocycles. The second-order valence-electron chi connectivity index (χ2n) is 9.10. The SMILES string of the molecule is C1=C2C=C(CC1)c1ccnc(n1)Nc1ccc(OCCN3CCCC3)c(c1)COC/C=C/COC2. The van der Waals surface area contributed by atoms with Gasteiger partial charge in [-0.15, -0.1) is 0 Å². The van der Waals surface area contributed by atoms with Gasteiger partial charge in [-0.1, -0.05) is 24.3 Å². The summed E-state index contributed by atoms with van der Waals surface area (Å²) in [5.41, 5.74) is 5.26. The second-order valence-corrected chi connectivity index (χ2v) is 9.10. The van der Waals surface area contributed by atoms with E-state index in [1.165, 1.54) is 37.1 Å². The van der Waals surface area contributed by atoms with Crippen LogP contribution in [-0.2, 0) is 16.1 Å². The Kier molecular flexibility index (Phi) is 8.21. The first-order valence-corrected chi connectivity index (χ1v) is 12.6. The predicted molar refractivity (Wildman–Crippen MR) is 138 cm³/mol. The summed E-state index contributed by atoms with van der Waals surface area (Å²) in [4.78, 5) is 11.7. The maximum Gasteiger partial charge on any atom is 0.227 e. The molecule has 7 nitrogen and oxygen atoms in total. The first-order chi connectivity index (χ1) is 17.3. The third-order valence-corrected chi connectivity index (χ3v) is 6.47. The van der Waals surface area contributed by atoms with Gasteiger partial charge in [0.25, 0.3) is 0 Å². The smallest absolute Gasteiger partial charge is 0.227 e. The highest BCUT2D eigenvalue weighted by molar-refractivity contribution is 5.68. The van der Waals surface area contributed by atoms with Crippen LogP contribution >= 0.6 is 0 Å². The van der Waals surface area contributed by atoms with Crippen molar-refractivity contribution in [2.45, 2.75) is 32.3 Å². The number of allylic oxidation sites excluding steroid dienone is 2. The standard InChI is InChI=1S/C28H34N4O3/c1-2-13-32(12-1)14-17-35-27-9-8-25-19-24(27)21-34-16-4-3-15-33-20-22-6-5-7-23(18-22)26-10-11-29-28(30-25)31-26/h3-4,6,8-11,18-19H,1-2,5,7,12-17,20-21H2,(H,29,30,31)/b4-3+. The van der Waals surface area contributed by atoms with Gasteiger partial charge in [0, 0.05) is 24.0 Å². The highest BCUT2D eigenvalue weighted by Gasteiger charge is 2.14. The molecule has 1 saturated heterocycles. The summed E-state index contributed by atoms with van der Waals surface area (Å²) in [6.45, 7) is 6.10. The Bertz CT molecular complexity index is 1090. The van der Waals surface area contributed by atoms with Crippen LogP contribution in [-0.4, -0.2) is 60.9 Å². The molecule has 3 heterocycles. The maximum absolute atomic E-state index is 6.17. The van der Waals surface area contributed by atoms with E-state index >= 15 is 0 Å². The van der Waals surface area contributed by atoms with Gasteiger partial charge in [-0.3, -0.25) is 4.90 Å². The van der Waals surface area contributed by atoms with Crippen LogP contribution in [0.15, 0.2) is 60.3 Å². The third-order valence-electron chi connectivity index (χ3n) is 6.47. The van der Waals surface area contributed by atoms with Gasteiger partial charge in [0.1, 0.15) is 12.4 Å². The minimum Gasteiger partial charge on any atom is -0.492 e. The van der Waals surface area contributed by atoms with Crippen LogP contribution in [0.3, 0.4) is 0 Å². The highest BCUT2D eigenvalue weighted by Crippen LogP contribution is 2.28. The molecule has 2 aliphatic heterocycles. The Hall–Kier alpha value is -3.00. The minimum absolute atomic E-state index is 0.459. The van der Waals surface area contributed by atoms with Crippen molar-refractivity contribution < 1.29 is 14.2 Å². The number of nitrogens with one attached hydrogen (secondary N) is 1. The number of fused-ring (bicyclic) bond motifs is 6. The van der Waals surface area contributed by atoms with Crippen molar-refractivity contribution in [2.75, 3.05) is 51.4 Å². The molecule has 184 valence electrons. The molecule has 0 radical (unpaired) electrons. The Labute approximate surface area is 207 Å². The predicted octanol–water partition coefficient (Wildman–Crippen LogP) is 4.90. The fourth-order valence-electron chi connectivity index (χ4n) is 4.62. The number of aromatic nitrogens is 2. The number of hydrogen-bond acceptors (Lipinski definition) is 7. The first kappa shape index (κ1) is 23.7. The van der Waals surface area contributed by atoms with E-state index in [9.17, 15) is 0 Å². The minimum atomic E-state index is 0.459. The lowest BCUT2D eigenvalue weighted by Crippen LogP contribution is -2.25.